The van der Waals surface area contributed by atoms with Crippen molar-refractivity contribution < 1.29 is 29.0 Å². The second-order valence-corrected chi connectivity index (χ2v) is 8.36. The molecule has 4 rings (SSSR count). The molecule has 1 fully saturated rings. The van der Waals surface area contributed by atoms with E-state index in [2.05, 4.69) is 34.9 Å². The van der Waals surface area contributed by atoms with Gasteiger partial charge in [0.2, 0.25) is 5.91 Å². The maximum Gasteiger partial charge on any atom is 0.407 e. The number of hydrogen-bond acceptors (Lipinski definition) is 5. The third kappa shape index (κ3) is 5.34. The molecular weight excluding hydrogens is 424 g/mol. The molecule has 1 saturated heterocycles. The summed E-state index contributed by atoms with van der Waals surface area (Å²) < 4.78 is 11.0. The second kappa shape index (κ2) is 10.5. The van der Waals surface area contributed by atoms with Gasteiger partial charge in [-0.05, 0) is 35.1 Å². The smallest absolute Gasteiger partial charge is 0.407 e. The molecular formula is C25H28N2O6. The predicted octanol–water partition coefficient (Wildman–Crippen LogP) is 2.91. The van der Waals surface area contributed by atoms with Crippen LogP contribution in [0.3, 0.4) is 0 Å². The predicted molar refractivity (Wildman–Crippen MR) is 121 cm³/mol. The first-order valence-electron chi connectivity index (χ1n) is 11.2. The number of hydrogen-bond donors (Lipinski definition) is 3. The van der Waals surface area contributed by atoms with Crippen LogP contribution in [0, 0.1) is 5.92 Å². The Kier molecular flexibility index (Phi) is 7.24. The zero-order chi connectivity index (χ0) is 23.2. The largest absolute Gasteiger partial charge is 0.481 e. The van der Waals surface area contributed by atoms with Crippen LogP contribution in [0.2, 0.25) is 0 Å². The Balaban J connectivity index is 1.28. The molecule has 0 bridgehead atoms. The van der Waals surface area contributed by atoms with E-state index in [9.17, 15) is 14.4 Å². The summed E-state index contributed by atoms with van der Waals surface area (Å²) in [5.41, 5.74) is 4.59. The van der Waals surface area contributed by atoms with Gasteiger partial charge < -0.3 is 25.2 Å². The van der Waals surface area contributed by atoms with E-state index in [0.717, 1.165) is 22.3 Å². The molecule has 2 amide bonds. The quantitative estimate of drug-likeness (QED) is 0.504. The average molecular weight is 453 g/mol. The van der Waals surface area contributed by atoms with Gasteiger partial charge in [0.15, 0.2) is 0 Å². The van der Waals surface area contributed by atoms with Crippen LogP contribution in [0.15, 0.2) is 48.5 Å². The van der Waals surface area contributed by atoms with Crippen LogP contribution in [-0.2, 0) is 19.1 Å². The van der Waals surface area contributed by atoms with Crippen LogP contribution in [0.25, 0.3) is 11.1 Å². The molecule has 0 saturated carbocycles. The molecule has 2 unspecified atom stereocenters. The second-order valence-electron chi connectivity index (χ2n) is 8.36. The Morgan fingerprint density at radius 2 is 1.64 bits per heavy atom. The van der Waals surface area contributed by atoms with Gasteiger partial charge in [-0.3, -0.25) is 9.59 Å². The third-order valence-electron chi connectivity index (χ3n) is 6.18. The summed E-state index contributed by atoms with van der Waals surface area (Å²) in [6.45, 7) is 1.05. The molecule has 0 aromatic heterocycles. The van der Waals surface area contributed by atoms with Crippen molar-refractivity contribution in [3.05, 3.63) is 59.7 Å². The third-order valence-corrected chi connectivity index (χ3v) is 6.18. The highest BCUT2D eigenvalue weighted by molar-refractivity contribution is 5.81. The maximum atomic E-state index is 12.5. The summed E-state index contributed by atoms with van der Waals surface area (Å²) in [7, 11) is 0. The number of aliphatic carboxylic acids is 1. The maximum absolute atomic E-state index is 12.5. The number of carbonyl (C=O) groups excluding carboxylic acids is 2. The van der Waals surface area contributed by atoms with Crippen molar-refractivity contribution >= 4 is 18.0 Å². The van der Waals surface area contributed by atoms with Crippen molar-refractivity contribution in [1.29, 1.82) is 0 Å². The van der Waals surface area contributed by atoms with E-state index in [0.29, 0.717) is 19.4 Å². The van der Waals surface area contributed by atoms with E-state index in [1.165, 1.54) is 0 Å². The summed E-state index contributed by atoms with van der Waals surface area (Å²) in [6, 6.07) is 15.8. The fraction of sp³-hybridized carbons (Fsp3) is 0.400. The van der Waals surface area contributed by atoms with Crippen molar-refractivity contribution in [2.24, 2.45) is 5.92 Å². The van der Waals surface area contributed by atoms with Crippen LogP contribution in [0.5, 0.6) is 0 Å². The van der Waals surface area contributed by atoms with Gasteiger partial charge in [0, 0.05) is 18.9 Å². The van der Waals surface area contributed by atoms with Crippen molar-refractivity contribution in [3.63, 3.8) is 0 Å². The number of carboxylic acid groups (broad SMARTS) is 1. The van der Waals surface area contributed by atoms with E-state index in [-0.39, 0.29) is 38.1 Å². The molecule has 3 N–H and O–H groups in total. The molecule has 0 spiro atoms. The molecule has 174 valence electrons. The number of unbranched alkanes of at least 4 members (excludes halogenated alkanes) is 1. The first-order chi connectivity index (χ1) is 16.0. The topological polar surface area (TPSA) is 114 Å². The molecule has 2 aromatic carbocycles. The normalized spacial score (nSPS) is 18.9. The van der Waals surface area contributed by atoms with Gasteiger partial charge in [-0.25, -0.2) is 4.79 Å². The van der Waals surface area contributed by atoms with Gasteiger partial charge >= 0.3 is 12.1 Å². The van der Waals surface area contributed by atoms with Crippen LogP contribution >= 0.6 is 0 Å². The monoisotopic (exact) mass is 452 g/mol. The molecule has 8 nitrogen and oxygen atoms in total. The molecule has 33 heavy (non-hydrogen) atoms. The lowest BCUT2D eigenvalue weighted by Crippen LogP contribution is -2.46. The summed E-state index contributed by atoms with van der Waals surface area (Å²) in [4.78, 5) is 35.6. The SMILES string of the molecule is O=C(O)CCCCNC(=O)C1COCC1NC(=O)OCC1c2ccccc2-c2ccccc21. The number of carboxylic acids is 1. The lowest BCUT2D eigenvalue weighted by atomic mass is 9.98. The Morgan fingerprint density at radius 1 is 0.970 bits per heavy atom. The van der Waals surface area contributed by atoms with E-state index in [1.54, 1.807) is 0 Å². The Labute approximate surface area is 192 Å². The minimum Gasteiger partial charge on any atom is -0.481 e. The highest BCUT2D eigenvalue weighted by Crippen LogP contribution is 2.44. The zero-order valence-corrected chi connectivity index (χ0v) is 18.3. The van der Waals surface area contributed by atoms with Gasteiger partial charge in [-0.1, -0.05) is 48.5 Å². The van der Waals surface area contributed by atoms with Crippen LogP contribution in [0.4, 0.5) is 4.79 Å². The number of benzene rings is 2. The van der Waals surface area contributed by atoms with Crippen molar-refractivity contribution in [2.45, 2.75) is 31.2 Å². The van der Waals surface area contributed by atoms with Gasteiger partial charge in [0.25, 0.3) is 0 Å². The lowest BCUT2D eigenvalue weighted by Gasteiger charge is -2.20. The fourth-order valence-corrected chi connectivity index (χ4v) is 4.49. The van der Waals surface area contributed by atoms with Crippen LogP contribution in [0.1, 0.15) is 36.3 Å². The van der Waals surface area contributed by atoms with Gasteiger partial charge in [-0.15, -0.1) is 0 Å². The highest BCUT2D eigenvalue weighted by atomic mass is 16.5. The molecule has 1 heterocycles. The van der Waals surface area contributed by atoms with E-state index in [1.807, 2.05) is 24.3 Å². The molecule has 8 heteroatoms. The average Bonchev–Trinajstić information content (AvgIpc) is 3.39. The molecule has 0 radical (unpaired) electrons. The standard InChI is InChI=1S/C25H28N2O6/c28-23(29)11-5-6-12-26-24(30)21-13-32-15-22(21)27-25(31)33-14-20-18-9-3-1-7-16(18)17-8-2-4-10-19(17)20/h1-4,7-10,20-22H,5-6,11-15H2,(H,26,30)(H,27,31)(H,28,29). The van der Waals surface area contributed by atoms with E-state index >= 15 is 0 Å². The molecule has 1 aliphatic carbocycles. The first kappa shape index (κ1) is 22.8. The van der Waals surface area contributed by atoms with E-state index < -0.39 is 24.0 Å². The van der Waals surface area contributed by atoms with E-state index in [4.69, 9.17) is 14.6 Å². The number of fused-ring (bicyclic) bond motifs is 3. The zero-order valence-electron chi connectivity index (χ0n) is 18.3. The summed E-state index contributed by atoms with van der Waals surface area (Å²) in [5.74, 6) is -1.61. The number of nitrogens with one attached hydrogen (secondary N) is 2. The first-order valence-corrected chi connectivity index (χ1v) is 11.2. The molecule has 2 atom stereocenters. The molecule has 1 aliphatic heterocycles. The van der Waals surface area contributed by atoms with Crippen molar-refractivity contribution in [3.8, 4) is 11.1 Å². The minimum absolute atomic E-state index is 0.0344. The summed E-state index contributed by atoms with van der Waals surface area (Å²) in [5, 5.41) is 14.2. The number of alkyl carbamates (subject to hydrolysis) is 1. The number of ether oxygens (including phenoxy) is 2. The van der Waals surface area contributed by atoms with Crippen molar-refractivity contribution in [2.75, 3.05) is 26.4 Å². The van der Waals surface area contributed by atoms with Gasteiger partial charge in [-0.2, -0.15) is 0 Å². The number of rotatable bonds is 9. The fourth-order valence-electron chi connectivity index (χ4n) is 4.49. The Morgan fingerprint density at radius 3 is 2.30 bits per heavy atom. The molecule has 2 aromatic rings. The lowest BCUT2D eigenvalue weighted by molar-refractivity contribution is -0.137. The summed E-state index contributed by atoms with van der Waals surface area (Å²) in [6.07, 6.45) is 0.578. The number of carbonyl (C=O) groups is 3. The molecule has 2 aliphatic rings. The van der Waals surface area contributed by atoms with Crippen molar-refractivity contribution in [1.82, 2.24) is 10.6 Å². The highest BCUT2D eigenvalue weighted by Gasteiger charge is 2.36. The Bertz CT molecular complexity index is 978. The van der Waals surface area contributed by atoms with Crippen LogP contribution in [-0.4, -0.2) is 55.5 Å². The Hall–Kier alpha value is -3.39. The van der Waals surface area contributed by atoms with Crippen LogP contribution < -0.4 is 10.6 Å². The summed E-state index contributed by atoms with van der Waals surface area (Å²) >= 11 is 0. The van der Waals surface area contributed by atoms with Gasteiger partial charge in [0.1, 0.15) is 6.61 Å². The minimum atomic E-state index is -0.849. The number of amides is 2. The van der Waals surface area contributed by atoms with Gasteiger partial charge in [0.05, 0.1) is 25.2 Å².